The topological polar surface area (TPSA) is 104 Å². The van der Waals surface area contributed by atoms with Gasteiger partial charge in [-0.15, -0.1) is 0 Å². The molecule has 37 heavy (non-hydrogen) atoms. The van der Waals surface area contributed by atoms with E-state index in [1.54, 1.807) is 0 Å². The minimum atomic E-state index is -3.86. The smallest absolute Gasteiger partial charge is 0.242 e. The van der Waals surface area contributed by atoms with Gasteiger partial charge in [0, 0.05) is 18.5 Å². The molecule has 0 saturated heterocycles. The van der Waals surface area contributed by atoms with Crippen molar-refractivity contribution in [3.63, 3.8) is 0 Å². The number of carbonyl (C=O) groups is 2. The molecule has 0 aromatic heterocycles. The predicted molar refractivity (Wildman–Crippen MR) is 145 cm³/mol. The van der Waals surface area contributed by atoms with Crippen LogP contribution in [0.4, 0.5) is 4.39 Å². The molecule has 1 atom stereocenters. The third-order valence-corrected chi connectivity index (χ3v) is 8.79. The highest BCUT2D eigenvalue weighted by molar-refractivity contribution is 7.89. The fraction of sp³-hybridized carbons (Fsp3) is 0.704. The Labute approximate surface area is 226 Å². The summed E-state index contributed by atoms with van der Waals surface area (Å²) in [5, 5.41) is 5.69. The summed E-state index contributed by atoms with van der Waals surface area (Å²) in [7, 11) is -3.86. The highest BCUT2D eigenvalue weighted by Gasteiger charge is 2.34. The van der Waals surface area contributed by atoms with Crippen molar-refractivity contribution in [1.29, 1.82) is 0 Å². The average Bonchev–Trinajstić information content (AvgIpc) is 2.80. The molecule has 1 aliphatic rings. The predicted octanol–water partition coefficient (Wildman–Crippen LogP) is 5.18. The summed E-state index contributed by atoms with van der Waals surface area (Å²) in [6.45, 7) is 8.45. The van der Waals surface area contributed by atoms with E-state index in [1.807, 2.05) is 27.7 Å². The maximum absolute atomic E-state index is 13.2. The van der Waals surface area contributed by atoms with Crippen LogP contribution in [0.1, 0.15) is 85.5 Å². The van der Waals surface area contributed by atoms with Crippen LogP contribution in [0.3, 0.4) is 0 Å². The van der Waals surface area contributed by atoms with Crippen LogP contribution >= 0.6 is 11.6 Å². The Kier molecular flexibility index (Phi) is 12.3. The zero-order chi connectivity index (χ0) is 27.6. The van der Waals surface area contributed by atoms with E-state index in [4.69, 9.17) is 11.6 Å². The summed E-state index contributed by atoms with van der Waals surface area (Å²) in [5.74, 6) is -0.144. The first-order valence-electron chi connectivity index (χ1n) is 13.3. The lowest BCUT2D eigenvalue weighted by Crippen LogP contribution is -2.51. The number of nitrogens with one attached hydrogen (secondary N) is 3. The third-order valence-electron chi connectivity index (χ3n) is 6.85. The molecule has 3 N–H and O–H groups in total. The van der Waals surface area contributed by atoms with E-state index in [9.17, 15) is 22.4 Å². The minimum Gasteiger partial charge on any atom is -0.354 e. The quantitative estimate of drug-likeness (QED) is 0.273. The third kappa shape index (κ3) is 10.5. The number of sulfonamides is 1. The van der Waals surface area contributed by atoms with Crippen LogP contribution < -0.4 is 15.4 Å². The van der Waals surface area contributed by atoms with Gasteiger partial charge in [0.05, 0.1) is 5.02 Å². The number of hydrogen-bond acceptors (Lipinski definition) is 4. The molecule has 1 unspecified atom stereocenters. The molecule has 1 fully saturated rings. The molecule has 1 aromatic carbocycles. The lowest BCUT2D eigenvalue weighted by molar-refractivity contribution is -0.135. The molecule has 1 aliphatic carbocycles. The fourth-order valence-electron chi connectivity index (χ4n) is 4.82. The van der Waals surface area contributed by atoms with E-state index in [1.165, 1.54) is 32.1 Å². The summed E-state index contributed by atoms with van der Waals surface area (Å²) in [6.07, 6.45) is 8.44. The van der Waals surface area contributed by atoms with E-state index < -0.39 is 27.3 Å². The zero-order valence-electron chi connectivity index (χ0n) is 22.5. The van der Waals surface area contributed by atoms with Gasteiger partial charge in [0.15, 0.2) is 0 Å². The van der Waals surface area contributed by atoms with Gasteiger partial charge >= 0.3 is 0 Å². The molecular formula is C27H43ClFN3O4S. The Morgan fingerprint density at radius 1 is 1.11 bits per heavy atom. The van der Waals surface area contributed by atoms with E-state index in [-0.39, 0.29) is 34.2 Å². The first-order valence-corrected chi connectivity index (χ1v) is 15.2. The summed E-state index contributed by atoms with van der Waals surface area (Å²) in [6, 6.07) is 2.51. The van der Waals surface area contributed by atoms with Crippen LogP contribution in [0.2, 0.25) is 5.02 Å². The van der Waals surface area contributed by atoms with Gasteiger partial charge in [0.2, 0.25) is 21.8 Å². The molecule has 0 aliphatic heterocycles. The standard InChI is InChI=1S/C27H43ClFN3O4S/c1-19(2)16-23(32-26(34)27(3,4)18-20-10-6-5-7-11-20)25(33)30-14-8-9-15-31-37(35,36)24-13-12-21(29)17-22(24)28/h12-13,17,19-20,23,31H,5-11,14-16,18H2,1-4H3,(H,30,33)(H,32,34). The number of benzene rings is 1. The number of hydrogen-bond donors (Lipinski definition) is 3. The van der Waals surface area contributed by atoms with Gasteiger partial charge < -0.3 is 10.6 Å². The van der Waals surface area contributed by atoms with Crippen molar-refractivity contribution in [3.05, 3.63) is 29.0 Å². The fourth-order valence-corrected chi connectivity index (χ4v) is 6.43. The van der Waals surface area contributed by atoms with Crippen molar-refractivity contribution < 1.29 is 22.4 Å². The molecule has 0 bridgehead atoms. The van der Waals surface area contributed by atoms with E-state index in [0.717, 1.165) is 24.6 Å². The van der Waals surface area contributed by atoms with Gasteiger partial charge in [0.1, 0.15) is 16.8 Å². The Morgan fingerprint density at radius 3 is 2.38 bits per heavy atom. The van der Waals surface area contributed by atoms with Crippen molar-refractivity contribution in [3.8, 4) is 0 Å². The van der Waals surface area contributed by atoms with Gasteiger partial charge in [-0.05, 0) is 55.7 Å². The monoisotopic (exact) mass is 559 g/mol. The molecule has 2 amide bonds. The van der Waals surface area contributed by atoms with Gasteiger partial charge in [-0.2, -0.15) is 0 Å². The number of unbranched alkanes of at least 4 members (excludes halogenated alkanes) is 1. The van der Waals surface area contributed by atoms with Gasteiger partial charge in [0.25, 0.3) is 0 Å². The maximum Gasteiger partial charge on any atom is 0.242 e. The molecule has 7 nitrogen and oxygen atoms in total. The number of amides is 2. The second-order valence-electron chi connectivity index (χ2n) is 11.2. The molecule has 10 heteroatoms. The zero-order valence-corrected chi connectivity index (χ0v) is 24.1. The van der Waals surface area contributed by atoms with Gasteiger partial charge in [-0.3, -0.25) is 9.59 Å². The van der Waals surface area contributed by atoms with Gasteiger partial charge in [-0.25, -0.2) is 17.5 Å². The maximum atomic E-state index is 13.2. The Morgan fingerprint density at radius 2 is 1.76 bits per heavy atom. The van der Waals surface area contributed by atoms with Crippen LogP contribution in [-0.2, 0) is 19.6 Å². The van der Waals surface area contributed by atoms with E-state index in [2.05, 4.69) is 15.4 Å². The van der Waals surface area contributed by atoms with Crippen LogP contribution in [0.25, 0.3) is 0 Å². The Balaban J connectivity index is 1.80. The number of halogens is 2. The average molecular weight is 560 g/mol. The van der Waals surface area contributed by atoms with Crippen molar-refractivity contribution in [2.45, 2.75) is 96.4 Å². The normalized spacial score (nSPS) is 16.0. The van der Waals surface area contributed by atoms with Crippen LogP contribution in [-0.4, -0.2) is 39.4 Å². The Hall–Kier alpha value is -1.71. The highest BCUT2D eigenvalue weighted by Crippen LogP contribution is 2.34. The van der Waals surface area contributed by atoms with Crippen LogP contribution in [0.5, 0.6) is 0 Å². The molecule has 0 heterocycles. The molecule has 1 aromatic rings. The first-order chi connectivity index (χ1) is 17.3. The van der Waals surface area contributed by atoms with Gasteiger partial charge in [-0.1, -0.05) is 71.4 Å². The largest absolute Gasteiger partial charge is 0.354 e. The summed E-state index contributed by atoms with van der Waals surface area (Å²) >= 11 is 5.85. The van der Waals surface area contributed by atoms with Crippen molar-refractivity contribution in [2.75, 3.05) is 13.1 Å². The van der Waals surface area contributed by atoms with Crippen molar-refractivity contribution in [1.82, 2.24) is 15.4 Å². The lowest BCUT2D eigenvalue weighted by Gasteiger charge is -2.32. The first kappa shape index (κ1) is 31.5. The van der Waals surface area contributed by atoms with Crippen LogP contribution in [0, 0.1) is 23.1 Å². The summed E-state index contributed by atoms with van der Waals surface area (Å²) < 4.78 is 40.4. The lowest BCUT2D eigenvalue weighted by atomic mass is 9.76. The number of carbonyl (C=O) groups excluding carboxylic acids is 2. The molecule has 1 saturated carbocycles. The molecule has 210 valence electrons. The van der Waals surface area contributed by atoms with Crippen molar-refractivity contribution >= 4 is 33.4 Å². The molecular weight excluding hydrogens is 517 g/mol. The van der Waals surface area contributed by atoms with Crippen molar-refractivity contribution in [2.24, 2.45) is 17.3 Å². The minimum absolute atomic E-state index is 0.0901. The number of rotatable bonds is 14. The summed E-state index contributed by atoms with van der Waals surface area (Å²) in [4.78, 5) is 25.8. The Bertz CT molecular complexity index is 1010. The van der Waals surface area contributed by atoms with Crippen LogP contribution in [0.15, 0.2) is 23.1 Å². The molecule has 0 spiro atoms. The summed E-state index contributed by atoms with van der Waals surface area (Å²) in [5.41, 5.74) is -0.540. The van der Waals surface area contributed by atoms with E-state index in [0.29, 0.717) is 31.7 Å². The van der Waals surface area contributed by atoms with E-state index >= 15 is 0 Å². The second kappa shape index (κ2) is 14.4. The second-order valence-corrected chi connectivity index (χ2v) is 13.4. The SMILES string of the molecule is CC(C)CC(NC(=O)C(C)(C)CC1CCCCC1)C(=O)NCCCCNS(=O)(=O)c1ccc(F)cc1Cl. The highest BCUT2D eigenvalue weighted by atomic mass is 35.5. The molecule has 0 radical (unpaired) electrons. The molecule has 2 rings (SSSR count).